The molecule has 7 aromatic carbocycles. The van der Waals surface area contributed by atoms with Crippen LogP contribution in [0.15, 0.2) is 186 Å². The van der Waals surface area contributed by atoms with Crippen LogP contribution in [0, 0.1) is 0 Å². The minimum Gasteiger partial charge on any atom is -0.456 e. The number of allylic oxidation sites excluding steroid dienone is 4. The first-order chi connectivity index (χ1) is 26.1. The first kappa shape index (κ1) is 31.4. The molecule has 0 amide bonds. The summed E-state index contributed by atoms with van der Waals surface area (Å²) in [5.74, 6) is 0. The second-order valence-corrected chi connectivity index (χ2v) is 14.7. The molecule has 0 saturated carbocycles. The highest BCUT2D eigenvalue weighted by Crippen LogP contribution is 2.55. The molecule has 2 aliphatic carbocycles. The molecule has 0 radical (unpaired) electrons. The van der Waals surface area contributed by atoms with Gasteiger partial charge in [0, 0.05) is 22.1 Å². The van der Waals surface area contributed by atoms with Crippen molar-refractivity contribution in [1.82, 2.24) is 0 Å². The Hall–Kier alpha value is -6.38. The van der Waals surface area contributed by atoms with Crippen LogP contribution >= 0.6 is 0 Å². The van der Waals surface area contributed by atoms with Crippen LogP contribution in [-0.4, -0.2) is 0 Å². The maximum atomic E-state index is 6.50. The van der Waals surface area contributed by atoms with Gasteiger partial charge >= 0.3 is 0 Å². The van der Waals surface area contributed by atoms with E-state index in [1.165, 1.54) is 50.1 Å². The van der Waals surface area contributed by atoms with E-state index in [4.69, 9.17) is 4.42 Å². The molecule has 0 spiro atoms. The normalized spacial score (nSPS) is 14.5. The zero-order chi connectivity index (χ0) is 35.5. The van der Waals surface area contributed by atoms with Gasteiger partial charge in [0.05, 0.1) is 16.8 Å². The molecule has 2 nitrogen and oxygen atoms in total. The number of rotatable bonds is 6. The van der Waals surface area contributed by atoms with Crippen molar-refractivity contribution in [3.8, 4) is 33.4 Å². The SMILES string of the molecule is CC1(C)C2=C(C=CCC2)c2c(-c3ccccc3N(c3ccc(-c4ccccc4)c(-c4ccccc4)c3)c3cccc4oc5ccccc5c34)cccc21. The maximum absolute atomic E-state index is 6.50. The third-order valence-corrected chi connectivity index (χ3v) is 11.4. The topological polar surface area (TPSA) is 16.4 Å². The van der Waals surface area contributed by atoms with Crippen LogP contribution in [0.1, 0.15) is 37.8 Å². The van der Waals surface area contributed by atoms with Crippen molar-refractivity contribution in [1.29, 1.82) is 0 Å². The number of benzene rings is 7. The van der Waals surface area contributed by atoms with Gasteiger partial charge in [-0.25, -0.2) is 0 Å². The Morgan fingerprint density at radius 3 is 2.04 bits per heavy atom. The highest BCUT2D eigenvalue weighted by atomic mass is 16.3. The highest BCUT2D eigenvalue weighted by Gasteiger charge is 2.39. The van der Waals surface area contributed by atoms with Gasteiger partial charge in [-0.1, -0.05) is 159 Å². The number of nitrogens with zero attached hydrogens (tertiary/aromatic N) is 1. The lowest BCUT2D eigenvalue weighted by molar-refractivity contribution is 0.607. The predicted octanol–water partition coefficient (Wildman–Crippen LogP) is 14.5. The van der Waals surface area contributed by atoms with Gasteiger partial charge in [-0.05, 0) is 93.8 Å². The van der Waals surface area contributed by atoms with E-state index in [1.807, 2.05) is 6.07 Å². The average Bonchev–Trinajstić information content (AvgIpc) is 3.71. The molecule has 1 heterocycles. The van der Waals surface area contributed by atoms with Crippen molar-refractivity contribution in [2.75, 3.05) is 4.90 Å². The number of anilines is 3. The van der Waals surface area contributed by atoms with Gasteiger partial charge in [0.2, 0.25) is 0 Å². The average molecular weight is 682 g/mol. The molecule has 254 valence electrons. The molecule has 10 rings (SSSR count). The molecular formula is C51H39NO. The summed E-state index contributed by atoms with van der Waals surface area (Å²) in [6.45, 7) is 4.80. The van der Waals surface area contributed by atoms with Crippen molar-refractivity contribution in [3.05, 3.63) is 193 Å². The molecule has 0 atom stereocenters. The largest absolute Gasteiger partial charge is 0.456 e. The zero-order valence-electron chi connectivity index (χ0n) is 30.0. The van der Waals surface area contributed by atoms with Crippen molar-refractivity contribution < 1.29 is 4.42 Å². The Bertz CT molecular complexity index is 2750. The molecule has 2 heteroatoms. The lowest BCUT2D eigenvalue weighted by atomic mass is 9.78. The summed E-state index contributed by atoms with van der Waals surface area (Å²) in [5, 5.41) is 2.21. The fourth-order valence-corrected chi connectivity index (χ4v) is 8.94. The monoisotopic (exact) mass is 681 g/mol. The van der Waals surface area contributed by atoms with Crippen LogP contribution < -0.4 is 4.90 Å². The van der Waals surface area contributed by atoms with E-state index in [0.29, 0.717) is 0 Å². The summed E-state index contributed by atoms with van der Waals surface area (Å²) in [6.07, 6.45) is 6.93. The molecule has 0 fully saturated rings. The molecule has 1 aromatic heterocycles. The molecule has 0 bridgehead atoms. The first-order valence-corrected chi connectivity index (χ1v) is 18.7. The maximum Gasteiger partial charge on any atom is 0.137 e. The number of hydrogen-bond donors (Lipinski definition) is 0. The Morgan fingerprint density at radius 1 is 0.547 bits per heavy atom. The van der Waals surface area contributed by atoms with E-state index in [0.717, 1.165) is 51.8 Å². The van der Waals surface area contributed by atoms with Crippen molar-refractivity contribution in [2.45, 2.75) is 32.1 Å². The summed E-state index contributed by atoms with van der Waals surface area (Å²) in [4.78, 5) is 2.46. The lowest BCUT2D eigenvalue weighted by Crippen LogP contribution is -2.17. The molecular weight excluding hydrogens is 643 g/mol. The van der Waals surface area contributed by atoms with E-state index in [9.17, 15) is 0 Å². The fourth-order valence-electron chi connectivity index (χ4n) is 8.94. The Morgan fingerprint density at radius 2 is 1.21 bits per heavy atom. The fraction of sp³-hybridized carbons (Fsp3) is 0.0980. The third kappa shape index (κ3) is 5.01. The van der Waals surface area contributed by atoms with Gasteiger partial charge in [-0.3, -0.25) is 0 Å². The molecule has 0 unspecified atom stereocenters. The molecule has 53 heavy (non-hydrogen) atoms. The molecule has 8 aromatic rings. The number of para-hydroxylation sites is 2. The van der Waals surface area contributed by atoms with E-state index in [1.54, 1.807) is 5.57 Å². The molecule has 2 aliphatic rings. The van der Waals surface area contributed by atoms with Crippen molar-refractivity contribution >= 4 is 44.6 Å². The Labute approximate surface area is 311 Å². The Balaban J connectivity index is 1.27. The van der Waals surface area contributed by atoms with Crippen LogP contribution in [0.3, 0.4) is 0 Å². The van der Waals surface area contributed by atoms with Crippen molar-refractivity contribution in [3.63, 3.8) is 0 Å². The van der Waals surface area contributed by atoms with Crippen LogP contribution in [0.25, 0.3) is 60.9 Å². The first-order valence-electron chi connectivity index (χ1n) is 18.7. The number of fused-ring (bicyclic) bond motifs is 5. The van der Waals surface area contributed by atoms with Gasteiger partial charge in [-0.15, -0.1) is 0 Å². The van der Waals surface area contributed by atoms with Crippen molar-refractivity contribution in [2.24, 2.45) is 0 Å². The van der Waals surface area contributed by atoms with Crippen LogP contribution in [0.5, 0.6) is 0 Å². The Kier molecular flexibility index (Phi) is 7.33. The van der Waals surface area contributed by atoms with Crippen LogP contribution in [-0.2, 0) is 5.41 Å². The van der Waals surface area contributed by atoms with E-state index < -0.39 is 0 Å². The smallest absolute Gasteiger partial charge is 0.137 e. The summed E-state index contributed by atoms with van der Waals surface area (Å²) in [5.41, 5.74) is 18.0. The van der Waals surface area contributed by atoms with Gasteiger partial charge in [0.1, 0.15) is 11.2 Å². The quantitative estimate of drug-likeness (QED) is 0.174. The minimum atomic E-state index is -0.0147. The number of hydrogen-bond acceptors (Lipinski definition) is 2. The second kappa shape index (κ2) is 12.4. The van der Waals surface area contributed by atoms with Gasteiger partial charge < -0.3 is 9.32 Å². The summed E-state index contributed by atoms with van der Waals surface area (Å²) < 4.78 is 6.50. The van der Waals surface area contributed by atoms with E-state index in [-0.39, 0.29) is 5.41 Å². The molecule has 0 N–H and O–H groups in total. The highest BCUT2D eigenvalue weighted by molar-refractivity contribution is 6.14. The van der Waals surface area contributed by atoms with E-state index >= 15 is 0 Å². The molecule has 0 aliphatic heterocycles. The number of furan rings is 1. The second-order valence-electron chi connectivity index (χ2n) is 14.7. The summed E-state index contributed by atoms with van der Waals surface area (Å²) in [6, 6.07) is 59.2. The van der Waals surface area contributed by atoms with Crippen LogP contribution in [0.2, 0.25) is 0 Å². The predicted molar refractivity (Wildman–Crippen MR) is 223 cm³/mol. The zero-order valence-corrected chi connectivity index (χ0v) is 30.0. The van der Waals surface area contributed by atoms with Gasteiger partial charge in [-0.2, -0.15) is 0 Å². The third-order valence-electron chi connectivity index (χ3n) is 11.4. The van der Waals surface area contributed by atoms with Gasteiger partial charge in [0.15, 0.2) is 0 Å². The lowest BCUT2D eigenvalue weighted by Gasteiger charge is -2.30. The van der Waals surface area contributed by atoms with Gasteiger partial charge in [0.25, 0.3) is 0 Å². The van der Waals surface area contributed by atoms with Crippen LogP contribution in [0.4, 0.5) is 17.1 Å². The standard InChI is InChI=1S/C51H39NO/c1-51(2)43-25-12-9-22-40(43)49-39(24-15-26-44(49)51)38-21-10-13-27-45(38)52(46-28-16-30-48-50(46)41-23-11-14-29-47(41)53-48)36-31-32-37(34-17-5-3-6-18-34)42(33-36)35-19-7-4-8-20-35/h3-11,13-24,26-33H,12,25H2,1-2H3. The minimum absolute atomic E-state index is 0.0147. The summed E-state index contributed by atoms with van der Waals surface area (Å²) in [7, 11) is 0. The molecule has 0 saturated heterocycles. The summed E-state index contributed by atoms with van der Waals surface area (Å²) >= 11 is 0. The van der Waals surface area contributed by atoms with E-state index in [2.05, 4.69) is 189 Å².